The zero-order valence-corrected chi connectivity index (χ0v) is 26.2. The summed E-state index contributed by atoms with van der Waals surface area (Å²) in [5.74, 6) is -1.83. The Labute approximate surface area is 264 Å². The van der Waals surface area contributed by atoms with Crippen LogP contribution in [0.25, 0.3) is 0 Å². The van der Waals surface area contributed by atoms with Gasteiger partial charge in [-0.1, -0.05) is 17.7 Å². The van der Waals surface area contributed by atoms with Crippen molar-refractivity contribution < 1.29 is 37.5 Å². The Morgan fingerprint density at radius 3 is 2.16 bits per heavy atom. The number of Topliss-reactive ketones (excluding diaryl/α,β-unsaturated/α-hetero) is 1. The number of ketones is 1. The van der Waals surface area contributed by atoms with Crippen molar-refractivity contribution in [2.45, 2.75) is 52.6 Å². The molecular formula is C31H37ClF3N5O5. The van der Waals surface area contributed by atoms with Crippen molar-refractivity contribution >= 4 is 40.9 Å². The average molecular weight is 652 g/mol. The van der Waals surface area contributed by atoms with Gasteiger partial charge in [-0.25, -0.2) is 14.8 Å². The van der Waals surface area contributed by atoms with Crippen LogP contribution >= 0.6 is 11.6 Å². The Morgan fingerprint density at radius 2 is 1.64 bits per heavy atom. The summed E-state index contributed by atoms with van der Waals surface area (Å²) in [6, 6.07) is 5.75. The van der Waals surface area contributed by atoms with Gasteiger partial charge in [-0.3, -0.25) is 14.4 Å². The number of carboxylic acids is 1. The highest BCUT2D eigenvalue weighted by Gasteiger charge is 2.42. The molecule has 2 amide bonds. The van der Waals surface area contributed by atoms with Crippen LogP contribution in [0.1, 0.15) is 53.0 Å². The van der Waals surface area contributed by atoms with Crippen LogP contribution in [0.3, 0.4) is 0 Å². The van der Waals surface area contributed by atoms with Crippen LogP contribution in [0.2, 0.25) is 5.02 Å². The zero-order valence-electron chi connectivity index (χ0n) is 25.4. The van der Waals surface area contributed by atoms with Gasteiger partial charge in [-0.05, 0) is 69.7 Å². The Kier molecular flexibility index (Phi) is 10.9. The highest BCUT2D eigenvalue weighted by Crippen LogP contribution is 2.33. The fraction of sp³-hybridized carbons (Fsp3) is 0.548. The topological polar surface area (TPSA) is 124 Å². The minimum Gasteiger partial charge on any atom is -0.475 e. The number of hydrogen-bond acceptors (Lipinski definition) is 7. The largest absolute Gasteiger partial charge is 0.490 e. The number of benzene rings is 1. The molecule has 3 fully saturated rings. The molecule has 2 saturated heterocycles. The molecule has 45 heavy (non-hydrogen) atoms. The summed E-state index contributed by atoms with van der Waals surface area (Å²) in [5.41, 5.74) is 3.87. The third-order valence-electron chi connectivity index (χ3n) is 8.72. The molecule has 5 rings (SSSR count). The maximum Gasteiger partial charge on any atom is 0.490 e. The maximum atomic E-state index is 13.4. The lowest BCUT2D eigenvalue weighted by Crippen LogP contribution is -2.38. The fourth-order valence-electron chi connectivity index (χ4n) is 6.31. The van der Waals surface area contributed by atoms with Crippen molar-refractivity contribution in [2.24, 2.45) is 17.8 Å². The van der Waals surface area contributed by atoms with Crippen molar-refractivity contribution in [3.63, 3.8) is 0 Å². The number of carbonyl (C=O) groups excluding carboxylic acids is 3. The van der Waals surface area contributed by atoms with Gasteiger partial charge in [0.1, 0.15) is 12.1 Å². The maximum absolute atomic E-state index is 13.4. The van der Waals surface area contributed by atoms with E-state index in [1.54, 1.807) is 0 Å². The van der Waals surface area contributed by atoms with Gasteiger partial charge in [-0.15, -0.1) is 0 Å². The van der Waals surface area contributed by atoms with Crippen LogP contribution in [0.15, 0.2) is 24.5 Å². The standard InChI is InChI=1S/C29H36ClN5O3.C2HF3O2/c1-18-5-7-24(12-26(18)30)35(28(37)21-6-8-25(36)11-21)10-4-9-33-13-22-15-34(16-23(22)14-33)29(38)27-19(2)31-17-32-20(27)3;3-2(4,5)1(6)7/h5,7,12,17,21-23H,4,6,8-11,13-16H2,1-3H3;(H,6,7). The number of carboxylic acid groups (broad SMARTS) is 1. The summed E-state index contributed by atoms with van der Waals surface area (Å²) in [5, 5.41) is 7.77. The monoisotopic (exact) mass is 651 g/mol. The van der Waals surface area contributed by atoms with Crippen molar-refractivity contribution in [1.29, 1.82) is 0 Å². The molecule has 1 N–H and O–H groups in total. The average Bonchev–Trinajstić information content (AvgIpc) is 3.67. The first-order chi connectivity index (χ1) is 21.1. The molecule has 1 aliphatic carbocycles. The molecule has 244 valence electrons. The molecule has 1 aromatic heterocycles. The van der Waals surface area contributed by atoms with E-state index in [4.69, 9.17) is 21.5 Å². The number of anilines is 1. The van der Waals surface area contributed by atoms with E-state index in [2.05, 4.69) is 14.9 Å². The number of aryl methyl sites for hydroxylation is 3. The van der Waals surface area contributed by atoms with Crippen LogP contribution in [0, 0.1) is 38.5 Å². The van der Waals surface area contributed by atoms with E-state index in [0.29, 0.717) is 48.2 Å². The minimum atomic E-state index is -5.08. The van der Waals surface area contributed by atoms with Crippen LogP contribution in [0.5, 0.6) is 0 Å². The number of fused-ring (bicyclic) bond motifs is 1. The molecule has 0 spiro atoms. The van der Waals surface area contributed by atoms with E-state index in [-0.39, 0.29) is 23.5 Å². The Balaban J connectivity index is 0.000000591. The number of halogens is 4. The molecule has 3 aliphatic rings. The smallest absolute Gasteiger partial charge is 0.475 e. The van der Waals surface area contributed by atoms with Crippen molar-refractivity contribution in [3.8, 4) is 0 Å². The SMILES string of the molecule is Cc1ccc(N(CCCN2CC3CN(C(=O)c4c(C)ncnc4C)CC3C2)C(=O)C2CCC(=O)C2)cc1Cl.O=C(O)C(F)(F)F. The lowest BCUT2D eigenvalue weighted by molar-refractivity contribution is -0.192. The predicted molar refractivity (Wildman–Crippen MR) is 160 cm³/mol. The van der Waals surface area contributed by atoms with Crippen LogP contribution in [0.4, 0.5) is 18.9 Å². The molecule has 0 radical (unpaired) electrons. The van der Waals surface area contributed by atoms with Gasteiger partial charge < -0.3 is 19.8 Å². The minimum absolute atomic E-state index is 0.0266. The summed E-state index contributed by atoms with van der Waals surface area (Å²) < 4.78 is 31.7. The number of hydrogen-bond donors (Lipinski definition) is 1. The summed E-state index contributed by atoms with van der Waals surface area (Å²) in [6.45, 7) is 10.6. The van der Waals surface area contributed by atoms with Crippen molar-refractivity contribution in [2.75, 3.05) is 44.2 Å². The molecule has 3 atom stereocenters. The summed E-state index contributed by atoms with van der Waals surface area (Å²) >= 11 is 6.39. The number of aromatic nitrogens is 2. The second kappa shape index (κ2) is 14.2. The zero-order chi connectivity index (χ0) is 33.1. The van der Waals surface area contributed by atoms with E-state index >= 15 is 0 Å². The van der Waals surface area contributed by atoms with Crippen LogP contribution < -0.4 is 4.90 Å². The number of likely N-dealkylation sites (tertiary alicyclic amines) is 2. The molecule has 2 aliphatic heterocycles. The quantitative estimate of drug-likeness (QED) is 0.465. The van der Waals surface area contributed by atoms with E-state index in [1.165, 1.54) is 6.33 Å². The molecule has 3 heterocycles. The van der Waals surface area contributed by atoms with Gasteiger partial charge in [0.2, 0.25) is 5.91 Å². The number of aliphatic carboxylic acids is 1. The Bertz CT molecular complexity index is 1420. The number of alkyl halides is 3. The van der Waals surface area contributed by atoms with Crippen LogP contribution in [-0.2, 0) is 14.4 Å². The summed E-state index contributed by atoms with van der Waals surface area (Å²) in [4.78, 5) is 62.0. The van der Waals surface area contributed by atoms with E-state index in [0.717, 1.165) is 61.8 Å². The molecule has 14 heteroatoms. The third-order valence-corrected chi connectivity index (χ3v) is 9.12. The highest BCUT2D eigenvalue weighted by atomic mass is 35.5. The second-order valence-electron chi connectivity index (χ2n) is 12.0. The molecule has 1 saturated carbocycles. The highest BCUT2D eigenvalue weighted by molar-refractivity contribution is 6.31. The molecular weight excluding hydrogens is 615 g/mol. The number of rotatable bonds is 7. The third kappa shape index (κ3) is 8.37. The van der Waals surface area contributed by atoms with Gasteiger partial charge in [0.05, 0.1) is 17.0 Å². The lowest BCUT2D eigenvalue weighted by Gasteiger charge is -2.27. The number of nitrogens with zero attached hydrogens (tertiary/aromatic N) is 5. The van der Waals surface area contributed by atoms with Gasteiger partial charge in [0.15, 0.2) is 0 Å². The molecule has 3 unspecified atom stereocenters. The first-order valence-electron chi connectivity index (χ1n) is 14.8. The van der Waals surface area contributed by atoms with Crippen LogP contribution in [-0.4, -0.2) is 93.9 Å². The fourth-order valence-corrected chi connectivity index (χ4v) is 6.49. The van der Waals surface area contributed by atoms with E-state index < -0.39 is 12.1 Å². The molecule has 1 aromatic carbocycles. The Hall–Kier alpha value is -3.58. The predicted octanol–water partition coefficient (Wildman–Crippen LogP) is 4.48. The number of carbonyl (C=O) groups is 4. The van der Waals surface area contributed by atoms with Gasteiger partial charge in [-0.2, -0.15) is 13.2 Å². The van der Waals surface area contributed by atoms with Gasteiger partial charge in [0, 0.05) is 62.2 Å². The van der Waals surface area contributed by atoms with Gasteiger partial charge >= 0.3 is 12.1 Å². The Morgan fingerprint density at radius 1 is 1.04 bits per heavy atom. The normalized spacial score (nSPS) is 21.4. The second-order valence-corrected chi connectivity index (χ2v) is 12.4. The molecule has 2 aromatic rings. The lowest BCUT2D eigenvalue weighted by atomic mass is 10.0. The first-order valence-corrected chi connectivity index (χ1v) is 15.2. The van der Waals surface area contributed by atoms with E-state index in [9.17, 15) is 27.6 Å². The summed E-state index contributed by atoms with van der Waals surface area (Å²) in [7, 11) is 0. The summed E-state index contributed by atoms with van der Waals surface area (Å²) in [6.07, 6.45) is -1.28. The van der Waals surface area contributed by atoms with Crippen molar-refractivity contribution in [1.82, 2.24) is 19.8 Å². The first kappa shape index (κ1) is 34.3. The van der Waals surface area contributed by atoms with Crippen molar-refractivity contribution in [3.05, 3.63) is 52.1 Å². The van der Waals surface area contributed by atoms with Gasteiger partial charge in [0.25, 0.3) is 5.91 Å². The molecule has 0 bridgehead atoms. The molecule has 10 nitrogen and oxygen atoms in total. The number of amides is 2. The van der Waals surface area contributed by atoms with E-state index in [1.807, 2.05) is 48.8 Å².